The minimum Gasteiger partial charge on any atom is -0.463 e. The minimum absolute atomic E-state index is 0.0398. The summed E-state index contributed by atoms with van der Waals surface area (Å²) in [6.07, 6.45) is 1.54. The summed E-state index contributed by atoms with van der Waals surface area (Å²) < 4.78 is 33.4. The predicted molar refractivity (Wildman–Crippen MR) is 120 cm³/mol. The van der Waals surface area contributed by atoms with E-state index in [9.17, 15) is 13.2 Å². The molecule has 2 aromatic heterocycles. The number of benzene rings is 2. The van der Waals surface area contributed by atoms with Gasteiger partial charge in [-0.05, 0) is 35.9 Å². The van der Waals surface area contributed by atoms with Crippen molar-refractivity contribution < 1.29 is 17.6 Å². The molecule has 0 bridgehead atoms. The first-order valence-electron chi connectivity index (χ1n) is 9.86. The van der Waals surface area contributed by atoms with Crippen molar-refractivity contribution in [2.24, 2.45) is 0 Å². The molecule has 2 aromatic carbocycles. The molecule has 1 N–H and O–H groups in total. The average molecular weight is 451 g/mol. The fourth-order valence-corrected chi connectivity index (χ4v) is 4.33. The van der Waals surface area contributed by atoms with Gasteiger partial charge in [0.2, 0.25) is 10.0 Å². The zero-order chi connectivity index (χ0) is 22.7. The molecule has 9 heteroatoms. The Morgan fingerprint density at radius 1 is 1.03 bits per heavy atom. The second-order valence-corrected chi connectivity index (χ2v) is 9.34. The number of sulfonamides is 1. The summed E-state index contributed by atoms with van der Waals surface area (Å²) in [6.45, 7) is 0.0398. The van der Waals surface area contributed by atoms with E-state index in [1.54, 1.807) is 42.7 Å². The van der Waals surface area contributed by atoms with E-state index >= 15 is 0 Å². The summed E-state index contributed by atoms with van der Waals surface area (Å²) in [5.41, 5.74) is 2.02. The lowest BCUT2D eigenvalue weighted by Gasteiger charge is -2.15. The van der Waals surface area contributed by atoms with Crippen LogP contribution in [0.5, 0.6) is 0 Å². The largest absolute Gasteiger partial charge is 0.463 e. The molecule has 4 rings (SSSR count). The van der Waals surface area contributed by atoms with Crippen molar-refractivity contribution in [1.82, 2.24) is 19.4 Å². The Balaban J connectivity index is 1.65. The third-order valence-corrected chi connectivity index (χ3v) is 6.80. The van der Waals surface area contributed by atoms with Crippen LogP contribution in [0.1, 0.15) is 16.1 Å². The zero-order valence-corrected chi connectivity index (χ0v) is 18.4. The molecule has 0 spiro atoms. The molecule has 8 nitrogen and oxygen atoms in total. The van der Waals surface area contributed by atoms with Crippen molar-refractivity contribution in [3.63, 3.8) is 0 Å². The fraction of sp³-hybridized carbons (Fsp3) is 0.130. The Morgan fingerprint density at radius 3 is 2.44 bits per heavy atom. The molecule has 32 heavy (non-hydrogen) atoms. The molecule has 164 valence electrons. The number of para-hydroxylation sites is 1. The van der Waals surface area contributed by atoms with Gasteiger partial charge in [0.1, 0.15) is 11.4 Å². The van der Waals surface area contributed by atoms with Gasteiger partial charge < -0.3 is 9.73 Å². The molecule has 0 unspecified atom stereocenters. The van der Waals surface area contributed by atoms with Gasteiger partial charge in [-0.3, -0.25) is 4.79 Å². The maximum Gasteiger partial charge on any atom is 0.270 e. The van der Waals surface area contributed by atoms with Gasteiger partial charge in [-0.2, -0.15) is 5.10 Å². The van der Waals surface area contributed by atoms with E-state index in [0.29, 0.717) is 28.4 Å². The Hall–Kier alpha value is -3.69. The number of carbonyl (C=O) groups is 1. The van der Waals surface area contributed by atoms with Crippen LogP contribution in [0.4, 0.5) is 0 Å². The van der Waals surface area contributed by atoms with Crippen molar-refractivity contribution in [3.05, 3.63) is 90.3 Å². The van der Waals surface area contributed by atoms with Crippen molar-refractivity contribution in [2.75, 3.05) is 14.1 Å². The minimum atomic E-state index is -3.64. The average Bonchev–Trinajstić information content (AvgIpc) is 3.48. The van der Waals surface area contributed by atoms with Gasteiger partial charge in [-0.25, -0.2) is 17.4 Å². The zero-order valence-electron chi connectivity index (χ0n) is 17.6. The predicted octanol–water partition coefficient (Wildman–Crippen LogP) is 3.31. The lowest BCUT2D eigenvalue weighted by atomic mass is 10.2. The standard InChI is InChI=1S/C23H22N4O4S/c1-26(2)32(29,30)22-13-7-6-9-17(22)16-24-23(28)20-15-19(21-12-8-14-31-21)25-27(20)18-10-4-3-5-11-18/h3-15H,16H2,1-2H3,(H,24,28). The van der Waals surface area contributed by atoms with Crippen LogP contribution in [0.3, 0.4) is 0 Å². The number of hydrogen-bond donors (Lipinski definition) is 1. The van der Waals surface area contributed by atoms with Crippen LogP contribution in [-0.2, 0) is 16.6 Å². The first kappa shape index (κ1) is 21.5. The highest BCUT2D eigenvalue weighted by Crippen LogP contribution is 2.23. The van der Waals surface area contributed by atoms with E-state index in [2.05, 4.69) is 10.4 Å². The van der Waals surface area contributed by atoms with Crippen molar-refractivity contribution in [3.8, 4) is 17.1 Å². The Morgan fingerprint density at radius 2 is 1.75 bits per heavy atom. The van der Waals surface area contributed by atoms with Crippen LogP contribution in [0.25, 0.3) is 17.1 Å². The number of amides is 1. The van der Waals surface area contributed by atoms with Gasteiger partial charge in [0.05, 0.1) is 16.8 Å². The van der Waals surface area contributed by atoms with Gasteiger partial charge in [0.25, 0.3) is 5.91 Å². The normalized spacial score (nSPS) is 11.6. The van der Waals surface area contributed by atoms with Crippen LogP contribution in [0.15, 0.2) is 88.4 Å². The number of nitrogens with one attached hydrogen (secondary N) is 1. The Kier molecular flexibility index (Phi) is 5.93. The van der Waals surface area contributed by atoms with Crippen LogP contribution >= 0.6 is 0 Å². The molecule has 0 saturated carbocycles. The molecule has 0 atom stereocenters. The topological polar surface area (TPSA) is 97.4 Å². The molecular weight excluding hydrogens is 428 g/mol. The maximum atomic E-state index is 13.1. The van der Waals surface area contributed by atoms with Gasteiger partial charge in [-0.1, -0.05) is 36.4 Å². The quantitative estimate of drug-likeness (QED) is 0.466. The van der Waals surface area contributed by atoms with Crippen molar-refractivity contribution in [2.45, 2.75) is 11.4 Å². The van der Waals surface area contributed by atoms with Gasteiger partial charge in [-0.15, -0.1) is 0 Å². The van der Waals surface area contributed by atoms with Gasteiger partial charge in [0, 0.05) is 26.7 Å². The highest BCUT2D eigenvalue weighted by molar-refractivity contribution is 7.89. The van der Waals surface area contributed by atoms with E-state index in [4.69, 9.17) is 4.42 Å². The molecular formula is C23H22N4O4S. The summed E-state index contributed by atoms with van der Waals surface area (Å²) in [5.74, 6) is 0.146. The summed E-state index contributed by atoms with van der Waals surface area (Å²) in [5, 5.41) is 7.36. The Bertz CT molecular complexity index is 1330. The fourth-order valence-electron chi connectivity index (χ4n) is 3.22. The number of hydrogen-bond acceptors (Lipinski definition) is 5. The van der Waals surface area contributed by atoms with E-state index in [0.717, 1.165) is 4.31 Å². The molecule has 0 aliphatic rings. The number of rotatable bonds is 7. The molecule has 2 heterocycles. The summed E-state index contributed by atoms with van der Waals surface area (Å²) in [4.78, 5) is 13.3. The molecule has 0 fully saturated rings. The summed E-state index contributed by atoms with van der Waals surface area (Å²) in [6, 6.07) is 21.0. The van der Waals surface area contributed by atoms with Crippen LogP contribution in [-0.4, -0.2) is 42.5 Å². The van der Waals surface area contributed by atoms with E-state index in [1.165, 1.54) is 24.8 Å². The lowest BCUT2D eigenvalue weighted by molar-refractivity contribution is 0.0942. The van der Waals surface area contributed by atoms with E-state index in [1.807, 2.05) is 30.3 Å². The van der Waals surface area contributed by atoms with Gasteiger partial charge in [0.15, 0.2) is 5.76 Å². The van der Waals surface area contributed by atoms with Gasteiger partial charge >= 0.3 is 0 Å². The molecule has 0 saturated heterocycles. The Labute approximate surface area is 186 Å². The second-order valence-electron chi connectivity index (χ2n) is 7.22. The summed E-state index contributed by atoms with van der Waals surface area (Å²) in [7, 11) is -0.702. The highest BCUT2D eigenvalue weighted by atomic mass is 32.2. The second kappa shape index (κ2) is 8.81. The van der Waals surface area contributed by atoms with Crippen molar-refractivity contribution >= 4 is 15.9 Å². The molecule has 0 aliphatic carbocycles. The molecule has 0 radical (unpaired) electrons. The van der Waals surface area contributed by atoms with Crippen LogP contribution < -0.4 is 5.32 Å². The maximum absolute atomic E-state index is 13.1. The van der Waals surface area contributed by atoms with E-state index in [-0.39, 0.29) is 11.4 Å². The number of nitrogens with zero attached hydrogens (tertiary/aromatic N) is 3. The number of furan rings is 1. The van der Waals surface area contributed by atoms with E-state index < -0.39 is 15.9 Å². The lowest BCUT2D eigenvalue weighted by Crippen LogP contribution is -2.28. The van der Waals surface area contributed by atoms with Crippen LogP contribution in [0.2, 0.25) is 0 Å². The molecule has 0 aliphatic heterocycles. The highest BCUT2D eigenvalue weighted by Gasteiger charge is 2.22. The number of carbonyl (C=O) groups excluding carboxylic acids is 1. The van der Waals surface area contributed by atoms with Crippen molar-refractivity contribution in [1.29, 1.82) is 0 Å². The first-order valence-corrected chi connectivity index (χ1v) is 11.3. The summed E-state index contributed by atoms with van der Waals surface area (Å²) >= 11 is 0. The third-order valence-electron chi connectivity index (χ3n) is 4.89. The SMILES string of the molecule is CN(C)S(=O)(=O)c1ccccc1CNC(=O)c1cc(-c2ccco2)nn1-c1ccccc1. The monoisotopic (exact) mass is 450 g/mol. The first-order chi connectivity index (χ1) is 15.4. The number of aromatic nitrogens is 2. The molecule has 4 aromatic rings. The molecule has 1 amide bonds. The smallest absolute Gasteiger partial charge is 0.270 e. The third kappa shape index (κ3) is 4.20. The van der Waals surface area contributed by atoms with Crippen LogP contribution in [0, 0.1) is 0 Å².